The third-order valence-electron chi connectivity index (χ3n) is 3.49. The molecule has 1 fully saturated rings. The van der Waals surface area contributed by atoms with Gasteiger partial charge in [-0.1, -0.05) is 18.2 Å². The van der Waals surface area contributed by atoms with E-state index in [1.54, 1.807) is 7.05 Å². The van der Waals surface area contributed by atoms with E-state index in [0.717, 1.165) is 45.0 Å². The Morgan fingerprint density at radius 3 is 2.81 bits per heavy atom. The number of benzene rings is 1. The van der Waals surface area contributed by atoms with Crippen LogP contribution >= 0.6 is 0 Å². The van der Waals surface area contributed by atoms with Crippen molar-refractivity contribution in [2.45, 2.75) is 25.4 Å². The van der Waals surface area contributed by atoms with Crippen LogP contribution in [0.15, 0.2) is 35.3 Å². The van der Waals surface area contributed by atoms with Crippen LogP contribution in [0.4, 0.5) is 5.69 Å². The topological polar surface area (TPSA) is 57.7 Å². The Hall–Kier alpha value is -1.75. The maximum atomic E-state index is 5.58. The fourth-order valence-corrected chi connectivity index (χ4v) is 2.32. The summed E-state index contributed by atoms with van der Waals surface area (Å²) in [6.45, 7) is 3.57. The number of para-hydroxylation sites is 1. The molecular formula is C16H26N4O. The first kappa shape index (κ1) is 15.6. The van der Waals surface area contributed by atoms with Crippen molar-refractivity contribution in [3.63, 3.8) is 0 Å². The van der Waals surface area contributed by atoms with Gasteiger partial charge in [0.1, 0.15) is 0 Å². The van der Waals surface area contributed by atoms with Crippen molar-refractivity contribution in [1.82, 2.24) is 10.6 Å². The second-order valence-corrected chi connectivity index (χ2v) is 5.16. The highest BCUT2D eigenvalue weighted by molar-refractivity contribution is 5.79. The van der Waals surface area contributed by atoms with Crippen molar-refractivity contribution in [1.29, 1.82) is 0 Å². The van der Waals surface area contributed by atoms with Gasteiger partial charge in [0.2, 0.25) is 0 Å². The molecule has 0 spiro atoms. The van der Waals surface area contributed by atoms with Crippen LogP contribution in [0.25, 0.3) is 0 Å². The number of nitrogens with one attached hydrogen (secondary N) is 3. The average molecular weight is 290 g/mol. The van der Waals surface area contributed by atoms with Crippen molar-refractivity contribution < 1.29 is 4.74 Å². The molecule has 0 amide bonds. The molecule has 0 bridgehead atoms. The Labute approximate surface area is 127 Å². The summed E-state index contributed by atoms with van der Waals surface area (Å²) in [5, 5.41) is 10.0. The minimum absolute atomic E-state index is 0.336. The normalized spacial score (nSPS) is 18.5. The van der Waals surface area contributed by atoms with Crippen LogP contribution < -0.4 is 16.0 Å². The Bertz CT molecular complexity index is 416. The zero-order valence-corrected chi connectivity index (χ0v) is 12.8. The summed E-state index contributed by atoms with van der Waals surface area (Å²) in [5.41, 5.74) is 1.17. The molecule has 1 aliphatic heterocycles. The number of ether oxygens (including phenoxy) is 1. The number of aliphatic imine (C=N–C) groups is 1. The van der Waals surface area contributed by atoms with Crippen LogP contribution in [0, 0.1) is 0 Å². The summed E-state index contributed by atoms with van der Waals surface area (Å²) in [6.07, 6.45) is 3.69. The molecule has 2 rings (SSSR count). The van der Waals surface area contributed by atoms with E-state index >= 15 is 0 Å². The number of hydrogen-bond donors (Lipinski definition) is 3. The fourth-order valence-electron chi connectivity index (χ4n) is 2.32. The molecule has 1 unspecified atom stereocenters. The van der Waals surface area contributed by atoms with E-state index in [9.17, 15) is 0 Å². The zero-order chi connectivity index (χ0) is 14.8. The molecule has 1 saturated heterocycles. The van der Waals surface area contributed by atoms with E-state index < -0.39 is 0 Å². The van der Waals surface area contributed by atoms with E-state index in [0.29, 0.717) is 6.10 Å². The molecule has 3 N–H and O–H groups in total. The maximum Gasteiger partial charge on any atom is 0.191 e. The van der Waals surface area contributed by atoms with Gasteiger partial charge in [-0.15, -0.1) is 0 Å². The number of hydrogen-bond acceptors (Lipinski definition) is 3. The van der Waals surface area contributed by atoms with Gasteiger partial charge in [-0.2, -0.15) is 0 Å². The van der Waals surface area contributed by atoms with Crippen LogP contribution in [0.2, 0.25) is 0 Å². The molecule has 1 aromatic carbocycles. The molecule has 1 heterocycles. The van der Waals surface area contributed by atoms with E-state index in [1.807, 2.05) is 18.2 Å². The minimum atomic E-state index is 0.336. The lowest BCUT2D eigenvalue weighted by Crippen LogP contribution is -2.41. The highest BCUT2D eigenvalue weighted by Crippen LogP contribution is 2.10. The highest BCUT2D eigenvalue weighted by Gasteiger charge is 2.15. The lowest BCUT2D eigenvalue weighted by molar-refractivity contribution is 0.114. The summed E-state index contributed by atoms with van der Waals surface area (Å²) in [7, 11) is 1.80. The first-order valence-electron chi connectivity index (χ1n) is 7.73. The van der Waals surface area contributed by atoms with E-state index in [4.69, 9.17) is 4.74 Å². The van der Waals surface area contributed by atoms with Gasteiger partial charge in [0.15, 0.2) is 5.96 Å². The Kier molecular flexibility index (Phi) is 6.88. The molecule has 0 radical (unpaired) electrons. The second-order valence-electron chi connectivity index (χ2n) is 5.16. The molecule has 0 aliphatic carbocycles. The van der Waals surface area contributed by atoms with Crippen molar-refractivity contribution in [3.05, 3.63) is 30.3 Å². The standard InChI is InChI=1S/C16H26N4O/c1-17-16(20-13-15-9-5-12-21-15)19-11-6-10-18-14-7-3-2-4-8-14/h2-4,7-8,15,18H,5-6,9-13H2,1H3,(H2,17,19,20). The first-order chi connectivity index (χ1) is 10.4. The predicted octanol–water partition coefficient (Wildman–Crippen LogP) is 1.83. The number of nitrogens with zero attached hydrogens (tertiary/aromatic N) is 1. The second kappa shape index (κ2) is 9.23. The van der Waals surface area contributed by atoms with Gasteiger partial charge in [0.25, 0.3) is 0 Å². The summed E-state index contributed by atoms with van der Waals surface area (Å²) in [6, 6.07) is 10.3. The lowest BCUT2D eigenvalue weighted by Gasteiger charge is -2.15. The average Bonchev–Trinajstić information content (AvgIpc) is 3.04. The SMILES string of the molecule is CN=C(NCCCNc1ccccc1)NCC1CCCO1. The van der Waals surface area contributed by atoms with Crippen molar-refractivity contribution >= 4 is 11.6 Å². The van der Waals surface area contributed by atoms with Crippen LogP contribution in [0.1, 0.15) is 19.3 Å². The lowest BCUT2D eigenvalue weighted by atomic mass is 10.2. The van der Waals surface area contributed by atoms with Gasteiger partial charge in [-0.05, 0) is 31.4 Å². The van der Waals surface area contributed by atoms with Crippen LogP contribution in [-0.4, -0.2) is 45.4 Å². The summed E-state index contributed by atoms with van der Waals surface area (Å²) in [4.78, 5) is 4.22. The molecule has 1 aromatic rings. The number of guanidine groups is 1. The van der Waals surface area contributed by atoms with Gasteiger partial charge in [0, 0.05) is 39.0 Å². The van der Waals surface area contributed by atoms with Gasteiger partial charge in [-0.3, -0.25) is 4.99 Å². The molecule has 0 aromatic heterocycles. The maximum absolute atomic E-state index is 5.58. The largest absolute Gasteiger partial charge is 0.385 e. The summed E-state index contributed by atoms with van der Waals surface area (Å²) in [5.74, 6) is 0.852. The third kappa shape index (κ3) is 6.04. The van der Waals surface area contributed by atoms with E-state index in [1.165, 1.54) is 12.1 Å². The number of rotatable bonds is 7. The first-order valence-corrected chi connectivity index (χ1v) is 7.73. The zero-order valence-electron chi connectivity index (χ0n) is 12.8. The molecule has 0 saturated carbocycles. The van der Waals surface area contributed by atoms with Gasteiger partial charge < -0.3 is 20.7 Å². The molecule has 116 valence electrons. The Morgan fingerprint density at radius 1 is 1.24 bits per heavy atom. The monoisotopic (exact) mass is 290 g/mol. The van der Waals surface area contributed by atoms with Crippen molar-refractivity contribution in [3.8, 4) is 0 Å². The van der Waals surface area contributed by atoms with Crippen molar-refractivity contribution in [2.24, 2.45) is 4.99 Å². The molecule has 5 heteroatoms. The van der Waals surface area contributed by atoms with Gasteiger partial charge in [0.05, 0.1) is 6.10 Å². The van der Waals surface area contributed by atoms with E-state index in [2.05, 4.69) is 33.1 Å². The van der Waals surface area contributed by atoms with E-state index in [-0.39, 0.29) is 0 Å². The smallest absolute Gasteiger partial charge is 0.191 e. The molecular weight excluding hydrogens is 264 g/mol. The molecule has 5 nitrogen and oxygen atoms in total. The molecule has 1 atom stereocenters. The molecule has 1 aliphatic rings. The van der Waals surface area contributed by atoms with Crippen LogP contribution in [0.3, 0.4) is 0 Å². The third-order valence-corrected chi connectivity index (χ3v) is 3.49. The van der Waals surface area contributed by atoms with Gasteiger partial charge >= 0.3 is 0 Å². The highest BCUT2D eigenvalue weighted by atomic mass is 16.5. The van der Waals surface area contributed by atoms with Gasteiger partial charge in [-0.25, -0.2) is 0 Å². The summed E-state index contributed by atoms with van der Waals surface area (Å²) < 4.78 is 5.58. The fraction of sp³-hybridized carbons (Fsp3) is 0.562. The number of anilines is 1. The van der Waals surface area contributed by atoms with Crippen molar-refractivity contribution in [2.75, 3.05) is 38.6 Å². The summed E-state index contributed by atoms with van der Waals surface area (Å²) >= 11 is 0. The van der Waals surface area contributed by atoms with Crippen LogP contribution in [-0.2, 0) is 4.74 Å². The quantitative estimate of drug-likeness (QED) is 0.407. The minimum Gasteiger partial charge on any atom is -0.385 e. The van der Waals surface area contributed by atoms with Crippen LogP contribution in [0.5, 0.6) is 0 Å². The molecule has 21 heavy (non-hydrogen) atoms. The Morgan fingerprint density at radius 2 is 2.10 bits per heavy atom. The predicted molar refractivity (Wildman–Crippen MR) is 87.9 cm³/mol. The Balaban J connectivity index is 1.54.